The first-order valence-electron chi connectivity index (χ1n) is 9.07. The summed E-state index contributed by atoms with van der Waals surface area (Å²) < 4.78 is 5.17. The van der Waals surface area contributed by atoms with Crippen LogP contribution in [0, 0.1) is 11.3 Å². The number of rotatable bonds is 11. The van der Waals surface area contributed by atoms with E-state index in [0.717, 1.165) is 25.6 Å². The van der Waals surface area contributed by atoms with Crippen molar-refractivity contribution in [3.8, 4) is 0 Å². The minimum atomic E-state index is 0.481. The van der Waals surface area contributed by atoms with Crippen molar-refractivity contribution < 1.29 is 4.74 Å². The quantitative estimate of drug-likeness (QED) is 0.591. The van der Waals surface area contributed by atoms with Crippen molar-refractivity contribution in [2.75, 3.05) is 46.4 Å². The summed E-state index contributed by atoms with van der Waals surface area (Å²) in [5, 5.41) is 3.65. The molecule has 0 radical (unpaired) electrons. The minimum Gasteiger partial charge on any atom is -0.383 e. The Morgan fingerprint density at radius 3 is 2.76 bits per heavy atom. The Morgan fingerprint density at radius 2 is 2.14 bits per heavy atom. The van der Waals surface area contributed by atoms with Crippen LogP contribution in [0.2, 0.25) is 0 Å². The Labute approximate surface area is 132 Å². The third-order valence-corrected chi connectivity index (χ3v) is 5.00. The average molecular weight is 299 g/mol. The monoisotopic (exact) mass is 298 g/mol. The molecule has 2 atom stereocenters. The molecule has 2 unspecified atom stereocenters. The van der Waals surface area contributed by atoms with Crippen molar-refractivity contribution in [3.63, 3.8) is 0 Å². The molecule has 0 saturated heterocycles. The smallest absolute Gasteiger partial charge is 0.0587 e. The van der Waals surface area contributed by atoms with Gasteiger partial charge in [-0.25, -0.2) is 0 Å². The molecular weight excluding hydrogens is 260 g/mol. The summed E-state index contributed by atoms with van der Waals surface area (Å²) in [7, 11) is 1.78. The van der Waals surface area contributed by atoms with Gasteiger partial charge in [0.2, 0.25) is 0 Å². The van der Waals surface area contributed by atoms with Crippen molar-refractivity contribution in [1.29, 1.82) is 0 Å². The Hall–Kier alpha value is -0.120. The van der Waals surface area contributed by atoms with Crippen LogP contribution in [0.25, 0.3) is 0 Å². The lowest BCUT2D eigenvalue weighted by Crippen LogP contribution is -2.47. The fourth-order valence-corrected chi connectivity index (χ4v) is 3.86. The Kier molecular flexibility index (Phi) is 9.54. The van der Waals surface area contributed by atoms with E-state index in [1.54, 1.807) is 7.11 Å². The summed E-state index contributed by atoms with van der Waals surface area (Å²) in [6, 6.07) is 0. The van der Waals surface area contributed by atoms with Gasteiger partial charge in [-0.05, 0) is 43.7 Å². The van der Waals surface area contributed by atoms with Crippen molar-refractivity contribution in [2.24, 2.45) is 11.3 Å². The summed E-state index contributed by atoms with van der Waals surface area (Å²) >= 11 is 0. The van der Waals surface area contributed by atoms with Gasteiger partial charge in [0, 0.05) is 26.7 Å². The van der Waals surface area contributed by atoms with E-state index in [1.807, 2.05) is 0 Å². The molecule has 1 rings (SSSR count). The summed E-state index contributed by atoms with van der Waals surface area (Å²) in [5.41, 5.74) is 0.481. The molecule has 3 nitrogen and oxygen atoms in total. The van der Waals surface area contributed by atoms with Crippen LogP contribution in [0.1, 0.15) is 59.3 Å². The fraction of sp³-hybridized carbons (Fsp3) is 1.00. The lowest BCUT2D eigenvalue weighted by molar-refractivity contribution is 0.0792. The average Bonchev–Trinajstić information content (AvgIpc) is 2.48. The van der Waals surface area contributed by atoms with Crippen LogP contribution in [0.5, 0.6) is 0 Å². The van der Waals surface area contributed by atoms with E-state index in [0.29, 0.717) is 5.41 Å². The third-order valence-electron chi connectivity index (χ3n) is 5.00. The molecule has 0 spiro atoms. The van der Waals surface area contributed by atoms with Gasteiger partial charge in [0.05, 0.1) is 6.61 Å². The highest BCUT2D eigenvalue weighted by atomic mass is 16.5. The number of hydrogen-bond acceptors (Lipinski definition) is 3. The van der Waals surface area contributed by atoms with Crippen molar-refractivity contribution in [2.45, 2.75) is 59.3 Å². The molecule has 1 N–H and O–H groups in total. The minimum absolute atomic E-state index is 0.481. The molecule has 0 bridgehead atoms. The lowest BCUT2D eigenvalue weighted by atomic mass is 9.69. The first-order chi connectivity index (χ1) is 10.2. The summed E-state index contributed by atoms with van der Waals surface area (Å²) in [4.78, 5) is 2.68. The van der Waals surface area contributed by atoms with E-state index in [2.05, 4.69) is 31.0 Å². The molecule has 1 aliphatic rings. The zero-order chi connectivity index (χ0) is 15.6. The van der Waals surface area contributed by atoms with E-state index in [-0.39, 0.29) is 0 Å². The molecule has 0 amide bonds. The molecule has 21 heavy (non-hydrogen) atoms. The molecule has 126 valence electrons. The topological polar surface area (TPSA) is 24.5 Å². The van der Waals surface area contributed by atoms with Gasteiger partial charge in [0.25, 0.3) is 0 Å². The lowest BCUT2D eigenvalue weighted by Gasteiger charge is -2.43. The van der Waals surface area contributed by atoms with Crippen LogP contribution in [0.15, 0.2) is 0 Å². The molecule has 0 aromatic carbocycles. The zero-order valence-corrected chi connectivity index (χ0v) is 14.9. The maximum absolute atomic E-state index is 5.17. The first kappa shape index (κ1) is 18.9. The first-order valence-corrected chi connectivity index (χ1v) is 9.07. The predicted octanol–water partition coefficient (Wildman–Crippen LogP) is 3.54. The number of nitrogens with one attached hydrogen (secondary N) is 1. The molecule has 1 fully saturated rings. The second kappa shape index (κ2) is 10.6. The Balaban J connectivity index is 2.57. The number of hydrogen-bond donors (Lipinski definition) is 1. The maximum Gasteiger partial charge on any atom is 0.0587 e. The summed E-state index contributed by atoms with van der Waals surface area (Å²) in [6.45, 7) is 13.7. The molecular formula is C18H38N2O. The normalized spacial score (nSPS) is 26.4. The molecule has 3 heteroatoms. The highest BCUT2D eigenvalue weighted by molar-refractivity contribution is 4.89. The predicted molar refractivity (Wildman–Crippen MR) is 91.8 cm³/mol. The number of nitrogens with zero attached hydrogens (tertiary/aromatic N) is 1. The van der Waals surface area contributed by atoms with Gasteiger partial charge in [-0.2, -0.15) is 0 Å². The van der Waals surface area contributed by atoms with Crippen LogP contribution in [0.4, 0.5) is 0 Å². The van der Waals surface area contributed by atoms with Gasteiger partial charge in [-0.15, -0.1) is 0 Å². The molecule has 0 aliphatic heterocycles. The van der Waals surface area contributed by atoms with Crippen molar-refractivity contribution in [1.82, 2.24) is 10.2 Å². The largest absolute Gasteiger partial charge is 0.383 e. The molecule has 0 aromatic heterocycles. The van der Waals surface area contributed by atoms with E-state index < -0.39 is 0 Å². The highest BCUT2D eigenvalue weighted by Gasteiger charge is 2.35. The summed E-state index contributed by atoms with van der Waals surface area (Å²) in [6.07, 6.45) is 8.22. The van der Waals surface area contributed by atoms with Gasteiger partial charge in [0.15, 0.2) is 0 Å². The molecule has 0 aromatic rings. The van der Waals surface area contributed by atoms with E-state index >= 15 is 0 Å². The van der Waals surface area contributed by atoms with Gasteiger partial charge in [-0.3, -0.25) is 0 Å². The Morgan fingerprint density at radius 1 is 1.33 bits per heavy atom. The van der Waals surface area contributed by atoms with E-state index in [1.165, 1.54) is 58.2 Å². The number of unbranched alkanes of at least 4 members (excludes halogenated alkanes) is 1. The maximum atomic E-state index is 5.17. The molecule has 1 saturated carbocycles. The van der Waals surface area contributed by atoms with Crippen molar-refractivity contribution >= 4 is 0 Å². The summed E-state index contributed by atoms with van der Waals surface area (Å²) in [5.74, 6) is 0.882. The van der Waals surface area contributed by atoms with Crippen LogP contribution in [-0.4, -0.2) is 51.3 Å². The van der Waals surface area contributed by atoms with Crippen LogP contribution in [-0.2, 0) is 4.74 Å². The number of methoxy groups -OCH3 is 1. The second-order valence-electron chi connectivity index (χ2n) is 7.09. The molecule has 0 heterocycles. The van der Waals surface area contributed by atoms with E-state index in [9.17, 15) is 0 Å². The van der Waals surface area contributed by atoms with Gasteiger partial charge in [-0.1, -0.05) is 40.0 Å². The fourth-order valence-electron chi connectivity index (χ4n) is 3.86. The molecule has 1 aliphatic carbocycles. The van der Waals surface area contributed by atoms with Crippen LogP contribution < -0.4 is 5.32 Å². The SMILES string of the molecule is CCCCN(CC)CC1(CNCCOC)CCCC(C)C1. The van der Waals surface area contributed by atoms with Crippen molar-refractivity contribution in [3.05, 3.63) is 0 Å². The van der Waals surface area contributed by atoms with E-state index in [4.69, 9.17) is 4.74 Å². The van der Waals surface area contributed by atoms with Gasteiger partial charge >= 0.3 is 0 Å². The van der Waals surface area contributed by atoms with Crippen LogP contribution >= 0.6 is 0 Å². The Bertz CT molecular complexity index is 260. The highest BCUT2D eigenvalue weighted by Crippen LogP contribution is 2.39. The van der Waals surface area contributed by atoms with Crippen LogP contribution in [0.3, 0.4) is 0 Å². The standard InChI is InChI=1S/C18H38N2O/c1-5-7-12-20(6-2)16-18(15-19-11-13-21-4)10-8-9-17(3)14-18/h17,19H,5-16H2,1-4H3. The van der Waals surface area contributed by atoms with Gasteiger partial charge in [0.1, 0.15) is 0 Å². The zero-order valence-electron chi connectivity index (χ0n) is 14.9. The number of ether oxygens (including phenoxy) is 1. The third kappa shape index (κ3) is 7.12. The van der Waals surface area contributed by atoms with Gasteiger partial charge < -0.3 is 15.0 Å². The second-order valence-corrected chi connectivity index (χ2v) is 7.09.